The normalized spacial score (nSPS) is 26.7. The average molecular weight is 279 g/mol. The fraction of sp³-hybridized carbons (Fsp3) is 0.812. The summed E-state index contributed by atoms with van der Waals surface area (Å²) in [6, 6.07) is 0. The summed E-state index contributed by atoms with van der Waals surface area (Å²) in [5, 5.41) is 7.76. The van der Waals surface area contributed by atoms with Crippen molar-refractivity contribution in [2.45, 2.75) is 44.9 Å². The minimum atomic E-state index is 0.565. The Morgan fingerprint density at radius 2 is 2.25 bits per heavy atom. The van der Waals surface area contributed by atoms with E-state index in [4.69, 9.17) is 4.74 Å². The molecule has 1 aliphatic rings. The van der Waals surface area contributed by atoms with E-state index in [1.165, 1.54) is 37.8 Å². The van der Waals surface area contributed by atoms with Gasteiger partial charge in [-0.15, -0.1) is 0 Å². The van der Waals surface area contributed by atoms with Gasteiger partial charge < -0.3 is 10.1 Å². The first kappa shape index (κ1) is 15.4. The highest BCUT2D eigenvalue weighted by Gasteiger charge is 2.34. The molecule has 1 aliphatic carbocycles. The summed E-state index contributed by atoms with van der Waals surface area (Å²) in [5.74, 6) is 3.07. The first-order valence-electron chi connectivity index (χ1n) is 7.91. The SMILES string of the molecule is CCCC1CCC(CNC)C(c2c(OC)cnn2C)C1. The maximum atomic E-state index is 5.54. The molecule has 1 aromatic rings. The molecule has 1 saturated carbocycles. The Morgan fingerprint density at radius 1 is 1.45 bits per heavy atom. The van der Waals surface area contributed by atoms with Crippen LogP contribution in [0, 0.1) is 11.8 Å². The largest absolute Gasteiger partial charge is 0.493 e. The van der Waals surface area contributed by atoms with Crippen LogP contribution in [0.1, 0.15) is 50.6 Å². The lowest BCUT2D eigenvalue weighted by molar-refractivity contribution is 0.213. The van der Waals surface area contributed by atoms with Crippen LogP contribution in [0.2, 0.25) is 0 Å². The Balaban J connectivity index is 2.23. The summed E-state index contributed by atoms with van der Waals surface area (Å²) in [4.78, 5) is 0. The van der Waals surface area contributed by atoms with Crippen molar-refractivity contribution < 1.29 is 4.74 Å². The van der Waals surface area contributed by atoms with Crippen molar-refractivity contribution >= 4 is 0 Å². The smallest absolute Gasteiger partial charge is 0.160 e. The lowest BCUT2D eigenvalue weighted by Crippen LogP contribution is -2.31. The minimum absolute atomic E-state index is 0.565. The van der Waals surface area contributed by atoms with Crippen molar-refractivity contribution in [3.8, 4) is 5.75 Å². The van der Waals surface area contributed by atoms with Gasteiger partial charge in [0.1, 0.15) is 0 Å². The summed E-state index contributed by atoms with van der Waals surface area (Å²) < 4.78 is 7.55. The predicted molar refractivity (Wildman–Crippen MR) is 82.2 cm³/mol. The second kappa shape index (κ2) is 7.11. The molecule has 0 aromatic carbocycles. The molecule has 0 spiro atoms. The number of nitrogens with zero attached hydrogens (tertiary/aromatic N) is 2. The molecule has 0 aliphatic heterocycles. The van der Waals surface area contributed by atoms with Crippen LogP contribution in [-0.2, 0) is 7.05 Å². The van der Waals surface area contributed by atoms with Gasteiger partial charge in [0, 0.05) is 13.0 Å². The summed E-state index contributed by atoms with van der Waals surface area (Å²) in [5.41, 5.74) is 1.29. The van der Waals surface area contributed by atoms with Crippen LogP contribution < -0.4 is 10.1 Å². The van der Waals surface area contributed by atoms with Gasteiger partial charge in [0.15, 0.2) is 5.75 Å². The second-order valence-electron chi connectivity index (χ2n) is 6.11. The molecular weight excluding hydrogens is 250 g/mol. The van der Waals surface area contributed by atoms with Crippen LogP contribution in [0.3, 0.4) is 0 Å². The van der Waals surface area contributed by atoms with E-state index in [0.29, 0.717) is 11.8 Å². The molecule has 4 heteroatoms. The zero-order chi connectivity index (χ0) is 14.5. The summed E-state index contributed by atoms with van der Waals surface area (Å²) in [7, 11) is 5.84. The van der Waals surface area contributed by atoms with Crippen molar-refractivity contribution in [2.75, 3.05) is 20.7 Å². The van der Waals surface area contributed by atoms with Gasteiger partial charge in [0.25, 0.3) is 0 Å². The molecule has 0 radical (unpaired) electrons. The number of aryl methyl sites for hydroxylation is 1. The van der Waals surface area contributed by atoms with E-state index in [-0.39, 0.29) is 0 Å². The van der Waals surface area contributed by atoms with Crippen LogP contribution in [0.4, 0.5) is 0 Å². The predicted octanol–water partition coefficient (Wildman–Crippen LogP) is 2.95. The molecule has 0 saturated heterocycles. The number of hydrogen-bond donors (Lipinski definition) is 1. The van der Waals surface area contributed by atoms with Gasteiger partial charge >= 0.3 is 0 Å². The Labute approximate surface area is 122 Å². The average Bonchev–Trinajstić information content (AvgIpc) is 2.82. The van der Waals surface area contributed by atoms with E-state index in [1.807, 2.05) is 17.9 Å². The molecule has 1 N–H and O–H groups in total. The number of rotatable bonds is 6. The van der Waals surface area contributed by atoms with Crippen LogP contribution >= 0.6 is 0 Å². The minimum Gasteiger partial charge on any atom is -0.493 e. The number of methoxy groups -OCH3 is 1. The fourth-order valence-corrected chi connectivity index (χ4v) is 3.84. The standard InChI is InChI=1S/C16H29N3O/c1-5-6-12-7-8-13(10-17-2)14(9-12)16-15(20-4)11-18-19(16)3/h11-14,17H,5-10H2,1-4H3. The van der Waals surface area contributed by atoms with Gasteiger partial charge in [-0.2, -0.15) is 5.10 Å². The second-order valence-corrected chi connectivity index (χ2v) is 6.11. The summed E-state index contributed by atoms with van der Waals surface area (Å²) in [6.07, 6.45) is 8.45. The quantitative estimate of drug-likeness (QED) is 0.870. The van der Waals surface area contributed by atoms with Gasteiger partial charge in [-0.3, -0.25) is 4.68 Å². The highest BCUT2D eigenvalue weighted by molar-refractivity contribution is 5.29. The van der Waals surface area contributed by atoms with E-state index in [2.05, 4.69) is 24.4 Å². The van der Waals surface area contributed by atoms with Crippen molar-refractivity contribution in [1.82, 2.24) is 15.1 Å². The topological polar surface area (TPSA) is 39.1 Å². The van der Waals surface area contributed by atoms with Gasteiger partial charge in [0.2, 0.25) is 0 Å². The van der Waals surface area contributed by atoms with E-state index in [9.17, 15) is 0 Å². The van der Waals surface area contributed by atoms with Crippen molar-refractivity contribution in [1.29, 1.82) is 0 Å². The molecule has 1 heterocycles. The molecule has 4 nitrogen and oxygen atoms in total. The maximum absolute atomic E-state index is 5.54. The van der Waals surface area contributed by atoms with E-state index in [0.717, 1.165) is 18.2 Å². The lowest BCUT2D eigenvalue weighted by Gasteiger charge is -2.36. The molecule has 0 bridgehead atoms. The molecule has 114 valence electrons. The highest BCUT2D eigenvalue weighted by atomic mass is 16.5. The Kier molecular flexibility index (Phi) is 5.46. The van der Waals surface area contributed by atoms with Crippen molar-refractivity contribution in [3.05, 3.63) is 11.9 Å². The third-order valence-corrected chi connectivity index (χ3v) is 4.79. The van der Waals surface area contributed by atoms with E-state index < -0.39 is 0 Å². The lowest BCUT2D eigenvalue weighted by atomic mass is 9.71. The number of aromatic nitrogens is 2. The summed E-state index contributed by atoms with van der Waals surface area (Å²) in [6.45, 7) is 3.37. The molecule has 2 rings (SSSR count). The van der Waals surface area contributed by atoms with Gasteiger partial charge in [-0.05, 0) is 38.3 Å². The van der Waals surface area contributed by atoms with Gasteiger partial charge in [0.05, 0.1) is 19.0 Å². The zero-order valence-corrected chi connectivity index (χ0v) is 13.4. The maximum Gasteiger partial charge on any atom is 0.160 e. The van der Waals surface area contributed by atoms with Crippen LogP contribution in [0.5, 0.6) is 5.75 Å². The van der Waals surface area contributed by atoms with Crippen molar-refractivity contribution in [3.63, 3.8) is 0 Å². The monoisotopic (exact) mass is 279 g/mol. The molecular formula is C16H29N3O. The zero-order valence-electron chi connectivity index (χ0n) is 13.4. The Morgan fingerprint density at radius 3 is 2.90 bits per heavy atom. The van der Waals surface area contributed by atoms with E-state index in [1.54, 1.807) is 7.11 Å². The first-order valence-corrected chi connectivity index (χ1v) is 7.91. The van der Waals surface area contributed by atoms with Crippen molar-refractivity contribution in [2.24, 2.45) is 18.9 Å². The van der Waals surface area contributed by atoms with Gasteiger partial charge in [-0.1, -0.05) is 26.2 Å². The number of ether oxygens (including phenoxy) is 1. The number of nitrogens with one attached hydrogen (secondary N) is 1. The first-order chi connectivity index (χ1) is 9.71. The highest BCUT2D eigenvalue weighted by Crippen LogP contribution is 2.44. The molecule has 3 unspecified atom stereocenters. The third-order valence-electron chi connectivity index (χ3n) is 4.79. The van der Waals surface area contributed by atoms with Crippen LogP contribution in [0.25, 0.3) is 0 Å². The molecule has 20 heavy (non-hydrogen) atoms. The molecule has 1 fully saturated rings. The number of hydrogen-bond acceptors (Lipinski definition) is 3. The van der Waals surface area contributed by atoms with Gasteiger partial charge in [-0.25, -0.2) is 0 Å². The molecule has 3 atom stereocenters. The Bertz CT molecular complexity index is 416. The molecule has 1 aromatic heterocycles. The van der Waals surface area contributed by atoms with Crippen LogP contribution in [0.15, 0.2) is 6.20 Å². The fourth-order valence-electron chi connectivity index (χ4n) is 3.84. The Hall–Kier alpha value is -1.03. The van der Waals surface area contributed by atoms with E-state index >= 15 is 0 Å². The third kappa shape index (κ3) is 3.17. The molecule has 0 amide bonds. The summed E-state index contributed by atoms with van der Waals surface area (Å²) >= 11 is 0. The van der Waals surface area contributed by atoms with Crippen LogP contribution in [-0.4, -0.2) is 30.5 Å².